The highest BCUT2D eigenvalue weighted by molar-refractivity contribution is 7.89. The number of sulfonamides is 1. The van der Waals surface area contributed by atoms with Gasteiger partial charge in [-0.3, -0.25) is 0 Å². The smallest absolute Gasteiger partial charge is 0.240 e. The first-order valence-electron chi connectivity index (χ1n) is 6.71. The first-order valence-corrected chi connectivity index (χ1v) is 8.19. The fourth-order valence-electron chi connectivity index (χ4n) is 2.02. The topological polar surface area (TPSA) is 58.2 Å². The molecule has 20 heavy (non-hydrogen) atoms. The first-order chi connectivity index (χ1) is 9.27. The summed E-state index contributed by atoms with van der Waals surface area (Å²) in [4.78, 5) is 0.130. The molecule has 112 valence electrons. The van der Waals surface area contributed by atoms with Crippen LogP contribution in [0.5, 0.6) is 0 Å². The maximum Gasteiger partial charge on any atom is 0.240 e. The molecule has 2 N–H and O–H groups in total. The highest BCUT2D eigenvalue weighted by atomic mass is 32.2. The van der Waals surface area contributed by atoms with Gasteiger partial charge in [0.1, 0.15) is 5.82 Å². The van der Waals surface area contributed by atoms with Crippen LogP contribution in [0.25, 0.3) is 0 Å². The largest absolute Gasteiger partial charge is 0.316 e. The van der Waals surface area contributed by atoms with Crippen molar-refractivity contribution in [1.82, 2.24) is 10.0 Å². The van der Waals surface area contributed by atoms with Gasteiger partial charge in [-0.15, -0.1) is 0 Å². The maximum absolute atomic E-state index is 13.9. The Kier molecular flexibility index (Phi) is 4.18. The third kappa shape index (κ3) is 3.37. The van der Waals surface area contributed by atoms with Crippen LogP contribution in [0.15, 0.2) is 17.0 Å². The van der Waals surface area contributed by atoms with E-state index >= 15 is 0 Å². The molecular weight excluding hydrogens is 279 g/mol. The molecule has 1 saturated carbocycles. The molecule has 0 aliphatic heterocycles. The Hall–Kier alpha value is -0.980. The van der Waals surface area contributed by atoms with Crippen LogP contribution in [-0.2, 0) is 16.6 Å². The van der Waals surface area contributed by atoms with Crippen molar-refractivity contribution in [2.75, 3.05) is 13.6 Å². The molecule has 1 aromatic carbocycles. The molecule has 0 spiro atoms. The summed E-state index contributed by atoms with van der Waals surface area (Å²) < 4.78 is 41.1. The number of hydrogen-bond donors (Lipinski definition) is 2. The lowest BCUT2D eigenvalue weighted by molar-refractivity contribution is 0.529. The lowest BCUT2D eigenvalue weighted by Gasteiger charge is -2.13. The van der Waals surface area contributed by atoms with E-state index in [4.69, 9.17) is 0 Å². The zero-order valence-electron chi connectivity index (χ0n) is 12.1. The molecule has 4 nitrogen and oxygen atoms in total. The van der Waals surface area contributed by atoms with Gasteiger partial charge in [0.25, 0.3) is 0 Å². The van der Waals surface area contributed by atoms with Crippen molar-refractivity contribution in [2.45, 2.75) is 38.1 Å². The highest BCUT2D eigenvalue weighted by Gasteiger charge is 2.38. The van der Waals surface area contributed by atoms with E-state index in [0.29, 0.717) is 24.2 Å². The predicted molar refractivity (Wildman–Crippen MR) is 76.4 cm³/mol. The van der Waals surface area contributed by atoms with Crippen LogP contribution in [0.3, 0.4) is 0 Å². The Morgan fingerprint density at radius 1 is 1.35 bits per heavy atom. The summed E-state index contributed by atoms with van der Waals surface area (Å²) in [7, 11) is -1.88. The molecule has 1 fully saturated rings. The van der Waals surface area contributed by atoms with Gasteiger partial charge in [-0.1, -0.05) is 6.92 Å². The van der Waals surface area contributed by atoms with Crippen molar-refractivity contribution >= 4 is 10.0 Å². The normalized spacial score (nSPS) is 17.2. The molecule has 2 rings (SSSR count). The second-order valence-electron chi connectivity index (χ2n) is 5.88. The van der Waals surface area contributed by atoms with E-state index < -0.39 is 10.0 Å². The molecule has 0 aromatic heterocycles. The van der Waals surface area contributed by atoms with Crippen LogP contribution >= 0.6 is 0 Å². The van der Waals surface area contributed by atoms with Crippen molar-refractivity contribution in [3.8, 4) is 0 Å². The minimum atomic E-state index is -3.58. The third-order valence-electron chi connectivity index (χ3n) is 3.77. The van der Waals surface area contributed by atoms with Crippen molar-refractivity contribution in [1.29, 1.82) is 0 Å². The van der Waals surface area contributed by atoms with Gasteiger partial charge in [-0.2, -0.15) is 0 Å². The van der Waals surface area contributed by atoms with E-state index in [0.717, 1.165) is 12.8 Å². The average Bonchev–Trinajstić information content (AvgIpc) is 3.11. The zero-order valence-corrected chi connectivity index (χ0v) is 12.9. The SMILES string of the molecule is CNCc1cc(S(=O)(=O)NCC2(C)CC2)cc(C)c1F. The molecule has 0 bridgehead atoms. The fourth-order valence-corrected chi connectivity index (χ4v) is 3.36. The van der Waals surface area contributed by atoms with Gasteiger partial charge in [0, 0.05) is 18.7 Å². The van der Waals surface area contributed by atoms with Crippen molar-refractivity contribution < 1.29 is 12.8 Å². The summed E-state index contributed by atoms with van der Waals surface area (Å²) in [5, 5.41) is 2.84. The number of benzene rings is 1. The molecule has 0 heterocycles. The number of rotatable bonds is 6. The summed E-state index contributed by atoms with van der Waals surface area (Å²) in [6, 6.07) is 2.78. The van der Waals surface area contributed by atoms with Gasteiger partial charge in [0.15, 0.2) is 0 Å². The van der Waals surface area contributed by atoms with E-state index in [2.05, 4.69) is 17.0 Å². The fraction of sp³-hybridized carbons (Fsp3) is 0.571. The van der Waals surface area contributed by atoms with Gasteiger partial charge in [0.05, 0.1) is 4.90 Å². The number of halogens is 1. The Bertz CT molecular complexity index is 610. The van der Waals surface area contributed by atoms with E-state index in [9.17, 15) is 12.8 Å². The molecule has 1 aliphatic rings. The maximum atomic E-state index is 13.9. The Labute approximate surface area is 119 Å². The third-order valence-corrected chi connectivity index (χ3v) is 5.15. The van der Waals surface area contributed by atoms with Crippen LogP contribution in [0.1, 0.15) is 30.9 Å². The van der Waals surface area contributed by atoms with E-state index in [-0.39, 0.29) is 16.1 Å². The molecule has 0 radical (unpaired) electrons. The van der Waals surface area contributed by atoms with Crippen molar-refractivity contribution in [3.63, 3.8) is 0 Å². The lowest BCUT2D eigenvalue weighted by Crippen LogP contribution is -2.29. The summed E-state index contributed by atoms with van der Waals surface area (Å²) >= 11 is 0. The van der Waals surface area contributed by atoms with Crippen LogP contribution in [0, 0.1) is 18.2 Å². The van der Waals surface area contributed by atoms with E-state index in [1.54, 1.807) is 14.0 Å². The van der Waals surface area contributed by atoms with Gasteiger partial charge in [0.2, 0.25) is 10.0 Å². The van der Waals surface area contributed by atoms with Gasteiger partial charge >= 0.3 is 0 Å². The predicted octanol–water partition coefficient (Wildman–Crippen LogP) is 1.93. The monoisotopic (exact) mass is 300 g/mol. The van der Waals surface area contributed by atoms with Crippen LogP contribution < -0.4 is 10.0 Å². The van der Waals surface area contributed by atoms with Gasteiger partial charge in [-0.05, 0) is 49.9 Å². The number of hydrogen-bond acceptors (Lipinski definition) is 3. The van der Waals surface area contributed by atoms with Crippen LogP contribution in [0.2, 0.25) is 0 Å². The Morgan fingerprint density at radius 2 is 2.00 bits per heavy atom. The molecule has 0 atom stereocenters. The van der Waals surface area contributed by atoms with E-state index in [1.165, 1.54) is 12.1 Å². The molecule has 1 aliphatic carbocycles. The second kappa shape index (κ2) is 5.42. The second-order valence-corrected chi connectivity index (χ2v) is 7.65. The first kappa shape index (κ1) is 15.4. The van der Waals surface area contributed by atoms with Crippen LogP contribution in [-0.4, -0.2) is 22.0 Å². The van der Waals surface area contributed by atoms with Gasteiger partial charge in [-0.25, -0.2) is 17.5 Å². The molecule has 0 unspecified atom stereocenters. The molecular formula is C14H21FN2O2S. The quantitative estimate of drug-likeness (QED) is 0.844. The summed E-state index contributed by atoms with van der Waals surface area (Å²) in [5.74, 6) is -0.354. The van der Waals surface area contributed by atoms with Crippen molar-refractivity contribution in [3.05, 3.63) is 29.1 Å². The molecule has 6 heteroatoms. The summed E-state index contributed by atoms with van der Waals surface area (Å²) in [6.07, 6.45) is 2.09. The van der Waals surface area contributed by atoms with Gasteiger partial charge < -0.3 is 5.32 Å². The van der Waals surface area contributed by atoms with Crippen molar-refractivity contribution in [2.24, 2.45) is 5.41 Å². The highest BCUT2D eigenvalue weighted by Crippen LogP contribution is 2.44. The average molecular weight is 300 g/mol. The van der Waals surface area contributed by atoms with E-state index in [1.807, 2.05) is 0 Å². The Balaban J connectivity index is 2.26. The molecule has 0 amide bonds. The minimum Gasteiger partial charge on any atom is -0.316 e. The Morgan fingerprint density at radius 3 is 2.55 bits per heavy atom. The molecule has 1 aromatic rings. The summed E-state index contributed by atoms with van der Waals surface area (Å²) in [5.41, 5.74) is 0.803. The number of aryl methyl sites for hydroxylation is 1. The zero-order chi connectivity index (χ0) is 15.0. The standard InChI is InChI=1S/C14H21FN2O2S/c1-10-6-12(7-11(8-16-3)13(10)15)20(18,19)17-9-14(2)4-5-14/h6-7,16-17H,4-5,8-9H2,1-3H3. The molecule has 0 saturated heterocycles. The number of nitrogens with one attached hydrogen (secondary N) is 2. The van der Waals surface area contributed by atoms with Crippen LogP contribution in [0.4, 0.5) is 4.39 Å². The minimum absolute atomic E-state index is 0.0932. The summed E-state index contributed by atoms with van der Waals surface area (Å²) in [6.45, 7) is 4.37. The lowest BCUT2D eigenvalue weighted by atomic mass is 10.1.